The van der Waals surface area contributed by atoms with Crippen molar-refractivity contribution in [2.24, 2.45) is 0 Å². The van der Waals surface area contributed by atoms with Gasteiger partial charge in [-0.15, -0.1) is 0 Å². The van der Waals surface area contributed by atoms with Crippen LogP contribution in [0, 0.1) is 6.92 Å². The van der Waals surface area contributed by atoms with Crippen molar-refractivity contribution in [3.63, 3.8) is 0 Å². The Hall–Kier alpha value is -2.40. The molecule has 1 heterocycles. The van der Waals surface area contributed by atoms with Gasteiger partial charge in [0.2, 0.25) is 0 Å². The number of benzene rings is 2. The molecule has 0 aliphatic carbocycles. The average molecular weight is 374 g/mol. The summed E-state index contributed by atoms with van der Waals surface area (Å²) < 4.78 is 5.48. The molecule has 0 atom stereocenters. The van der Waals surface area contributed by atoms with Crippen LogP contribution < -0.4 is 15.0 Å². The van der Waals surface area contributed by atoms with Crippen molar-refractivity contribution in [2.45, 2.75) is 13.5 Å². The van der Waals surface area contributed by atoms with E-state index in [2.05, 4.69) is 23.2 Å². The van der Waals surface area contributed by atoms with Gasteiger partial charge in [0.15, 0.2) is 0 Å². The van der Waals surface area contributed by atoms with Crippen LogP contribution in [0.2, 0.25) is 5.02 Å². The monoisotopic (exact) mass is 373 g/mol. The highest BCUT2D eigenvalue weighted by Crippen LogP contribution is 2.30. The van der Waals surface area contributed by atoms with Crippen molar-refractivity contribution in [2.75, 3.05) is 38.2 Å². The summed E-state index contributed by atoms with van der Waals surface area (Å²) in [5.41, 5.74) is 3.32. The predicted octanol–water partition coefficient (Wildman–Crippen LogP) is 3.69. The number of aryl methyl sites for hydroxylation is 1. The molecule has 1 fully saturated rings. The Morgan fingerprint density at radius 2 is 1.81 bits per heavy atom. The maximum Gasteiger partial charge on any atom is 0.317 e. The number of halogens is 1. The van der Waals surface area contributed by atoms with Crippen LogP contribution in [0.25, 0.3) is 0 Å². The van der Waals surface area contributed by atoms with Crippen LogP contribution in [-0.2, 0) is 6.54 Å². The fourth-order valence-electron chi connectivity index (χ4n) is 3.09. The minimum Gasteiger partial charge on any atom is -0.495 e. The lowest BCUT2D eigenvalue weighted by atomic mass is 10.1. The van der Waals surface area contributed by atoms with E-state index < -0.39 is 0 Å². The van der Waals surface area contributed by atoms with Crippen LogP contribution >= 0.6 is 11.6 Å². The number of carbonyl (C=O) groups is 1. The SMILES string of the molecule is COc1ccc(C)cc1N1CCN(C(=O)NCc2ccc(Cl)cc2)CC1. The van der Waals surface area contributed by atoms with Gasteiger partial charge in [0.05, 0.1) is 12.8 Å². The van der Waals surface area contributed by atoms with Crippen molar-refractivity contribution < 1.29 is 9.53 Å². The number of nitrogens with zero attached hydrogens (tertiary/aromatic N) is 2. The number of rotatable bonds is 4. The number of urea groups is 1. The van der Waals surface area contributed by atoms with Crippen LogP contribution in [-0.4, -0.2) is 44.2 Å². The van der Waals surface area contributed by atoms with E-state index in [1.807, 2.05) is 41.3 Å². The van der Waals surface area contributed by atoms with E-state index in [9.17, 15) is 4.79 Å². The Morgan fingerprint density at radius 1 is 1.12 bits per heavy atom. The summed E-state index contributed by atoms with van der Waals surface area (Å²) in [6.45, 7) is 5.51. The zero-order valence-electron chi connectivity index (χ0n) is 15.2. The van der Waals surface area contributed by atoms with Crippen LogP contribution in [0.15, 0.2) is 42.5 Å². The number of hydrogen-bond acceptors (Lipinski definition) is 3. The third kappa shape index (κ3) is 4.41. The number of hydrogen-bond donors (Lipinski definition) is 1. The van der Waals surface area contributed by atoms with Crippen LogP contribution in [0.1, 0.15) is 11.1 Å². The van der Waals surface area contributed by atoms with Crippen molar-refractivity contribution in [3.8, 4) is 5.75 Å². The van der Waals surface area contributed by atoms with Gasteiger partial charge in [-0.3, -0.25) is 0 Å². The Balaban J connectivity index is 1.54. The molecule has 2 aromatic carbocycles. The van der Waals surface area contributed by atoms with E-state index >= 15 is 0 Å². The summed E-state index contributed by atoms with van der Waals surface area (Å²) >= 11 is 5.88. The Bertz CT molecular complexity index is 756. The quantitative estimate of drug-likeness (QED) is 0.889. The normalized spacial score (nSPS) is 14.3. The Morgan fingerprint density at radius 3 is 2.46 bits per heavy atom. The van der Waals surface area contributed by atoms with E-state index in [1.165, 1.54) is 5.56 Å². The maximum absolute atomic E-state index is 12.4. The molecule has 0 saturated carbocycles. The summed E-state index contributed by atoms with van der Waals surface area (Å²) in [5, 5.41) is 3.67. The van der Waals surface area contributed by atoms with E-state index in [0.29, 0.717) is 24.7 Å². The molecule has 0 spiro atoms. The summed E-state index contributed by atoms with van der Waals surface area (Å²) in [4.78, 5) is 16.5. The first kappa shape index (κ1) is 18.4. The summed E-state index contributed by atoms with van der Waals surface area (Å²) in [7, 11) is 1.69. The lowest BCUT2D eigenvalue weighted by molar-refractivity contribution is 0.194. The second-order valence-electron chi connectivity index (χ2n) is 6.43. The number of amides is 2. The van der Waals surface area contributed by atoms with Gasteiger partial charge in [-0.1, -0.05) is 29.8 Å². The minimum atomic E-state index is -0.0317. The summed E-state index contributed by atoms with van der Waals surface area (Å²) in [5.74, 6) is 0.872. The number of anilines is 1. The van der Waals surface area contributed by atoms with Crippen molar-refractivity contribution in [1.82, 2.24) is 10.2 Å². The first-order chi connectivity index (χ1) is 12.6. The third-order valence-electron chi connectivity index (χ3n) is 4.60. The van der Waals surface area contributed by atoms with Crippen LogP contribution in [0.4, 0.5) is 10.5 Å². The lowest BCUT2D eigenvalue weighted by Crippen LogP contribution is -2.51. The molecular formula is C20H24ClN3O2. The molecule has 0 bridgehead atoms. The highest BCUT2D eigenvalue weighted by Gasteiger charge is 2.22. The molecule has 2 aromatic rings. The second kappa shape index (κ2) is 8.32. The zero-order valence-corrected chi connectivity index (χ0v) is 15.9. The van der Waals surface area contributed by atoms with Gasteiger partial charge in [0.25, 0.3) is 0 Å². The number of methoxy groups -OCH3 is 1. The molecule has 0 aromatic heterocycles. The minimum absolute atomic E-state index is 0.0317. The van der Waals surface area contributed by atoms with Gasteiger partial charge < -0.3 is 19.9 Å². The largest absolute Gasteiger partial charge is 0.495 e. The molecule has 6 heteroatoms. The van der Waals surface area contributed by atoms with Gasteiger partial charge in [-0.25, -0.2) is 4.79 Å². The zero-order chi connectivity index (χ0) is 18.5. The molecule has 26 heavy (non-hydrogen) atoms. The van der Waals surface area contributed by atoms with Gasteiger partial charge in [-0.2, -0.15) is 0 Å². The average Bonchev–Trinajstić information content (AvgIpc) is 2.67. The van der Waals surface area contributed by atoms with Gasteiger partial charge in [0.1, 0.15) is 5.75 Å². The molecule has 138 valence electrons. The van der Waals surface area contributed by atoms with Gasteiger partial charge in [0, 0.05) is 37.7 Å². The Kier molecular flexibility index (Phi) is 5.89. The number of carbonyl (C=O) groups excluding carboxylic acids is 1. The fourth-order valence-corrected chi connectivity index (χ4v) is 3.22. The maximum atomic E-state index is 12.4. The molecule has 1 aliphatic heterocycles. The number of piperazine rings is 1. The molecule has 1 saturated heterocycles. The van der Waals surface area contributed by atoms with E-state index in [-0.39, 0.29) is 6.03 Å². The molecule has 2 amide bonds. The van der Waals surface area contributed by atoms with E-state index in [0.717, 1.165) is 30.1 Å². The standard InChI is InChI=1S/C20H24ClN3O2/c1-15-3-8-19(26-2)18(13-15)23-9-11-24(12-10-23)20(25)22-14-16-4-6-17(21)7-5-16/h3-8,13H,9-12,14H2,1-2H3,(H,22,25). The smallest absolute Gasteiger partial charge is 0.317 e. The molecule has 0 radical (unpaired) electrons. The highest BCUT2D eigenvalue weighted by atomic mass is 35.5. The van der Waals surface area contributed by atoms with E-state index in [1.54, 1.807) is 7.11 Å². The molecule has 0 unspecified atom stereocenters. The molecule has 5 nitrogen and oxygen atoms in total. The van der Waals surface area contributed by atoms with Crippen LogP contribution in [0.5, 0.6) is 5.75 Å². The topological polar surface area (TPSA) is 44.8 Å². The summed E-state index contributed by atoms with van der Waals surface area (Å²) in [6, 6.07) is 13.6. The molecular weight excluding hydrogens is 350 g/mol. The lowest BCUT2D eigenvalue weighted by Gasteiger charge is -2.36. The first-order valence-corrected chi connectivity index (χ1v) is 9.11. The van der Waals surface area contributed by atoms with Crippen LogP contribution in [0.3, 0.4) is 0 Å². The third-order valence-corrected chi connectivity index (χ3v) is 4.85. The van der Waals surface area contributed by atoms with Crippen molar-refractivity contribution >= 4 is 23.3 Å². The predicted molar refractivity (Wildman–Crippen MR) is 105 cm³/mol. The Labute approximate surface area is 159 Å². The highest BCUT2D eigenvalue weighted by molar-refractivity contribution is 6.30. The molecule has 1 aliphatic rings. The fraction of sp³-hybridized carbons (Fsp3) is 0.350. The number of ether oxygens (including phenoxy) is 1. The second-order valence-corrected chi connectivity index (χ2v) is 6.87. The molecule has 1 N–H and O–H groups in total. The van der Waals surface area contributed by atoms with Crippen molar-refractivity contribution in [3.05, 3.63) is 58.6 Å². The van der Waals surface area contributed by atoms with E-state index in [4.69, 9.17) is 16.3 Å². The van der Waals surface area contributed by atoms with Crippen molar-refractivity contribution in [1.29, 1.82) is 0 Å². The first-order valence-electron chi connectivity index (χ1n) is 8.73. The molecule has 3 rings (SSSR count). The van der Waals surface area contributed by atoms with Gasteiger partial charge in [-0.05, 0) is 42.3 Å². The van der Waals surface area contributed by atoms with Gasteiger partial charge >= 0.3 is 6.03 Å². The number of nitrogens with one attached hydrogen (secondary N) is 1. The summed E-state index contributed by atoms with van der Waals surface area (Å²) in [6.07, 6.45) is 0.